The molecule has 2 aromatic rings. The molecule has 1 aromatic heterocycles. The molecule has 2 rings (SSSR count). The molecule has 0 aliphatic carbocycles. The van der Waals surface area contributed by atoms with Crippen molar-refractivity contribution in [3.05, 3.63) is 35.4 Å². The molecule has 0 atom stereocenters. The van der Waals surface area contributed by atoms with E-state index in [9.17, 15) is 4.39 Å². The molecule has 0 radical (unpaired) electrons. The minimum Gasteiger partial charge on any atom is -0.393 e. The lowest BCUT2D eigenvalue weighted by molar-refractivity contribution is 0.628. The number of nitrogen functional groups attached to an aromatic ring is 1. The summed E-state index contributed by atoms with van der Waals surface area (Å²) in [6, 6.07) is 4.29. The third kappa shape index (κ3) is 2.85. The lowest BCUT2D eigenvalue weighted by Crippen LogP contribution is -2.14. The molecular weight excluding hydrogens is 269 g/mol. The van der Waals surface area contributed by atoms with Crippen LogP contribution >= 0.6 is 11.6 Å². The summed E-state index contributed by atoms with van der Waals surface area (Å²) in [5.41, 5.74) is 6.97. The fourth-order valence-electron chi connectivity index (χ4n) is 1.55. The number of benzene rings is 1. The van der Waals surface area contributed by atoms with Gasteiger partial charge in [0.05, 0.1) is 5.02 Å². The van der Waals surface area contributed by atoms with Crippen LogP contribution in [0.5, 0.6) is 0 Å². The molecule has 0 aliphatic heterocycles. The first kappa shape index (κ1) is 13.4. The van der Waals surface area contributed by atoms with Gasteiger partial charge in [-0.3, -0.25) is 0 Å². The average Bonchev–Trinajstić information content (AvgIpc) is 2.36. The van der Waals surface area contributed by atoms with Gasteiger partial charge in [-0.1, -0.05) is 11.6 Å². The number of nitrogens with two attached hydrogens (primary N) is 1. The maximum absolute atomic E-state index is 13.1. The van der Waals surface area contributed by atoms with Crippen LogP contribution in [0.1, 0.15) is 0 Å². The molecule has 0 spiro atoms. The zero-order valence-electron chi connectivity index (χ0n) is 10.5. The summed E-state index contributed by atoms with van der Waals surface area (Å²) in [4.78, 5) is 9.91. The number of nitrogens with zero attached hydrogens (tertiary/aromatic N) is 3. The third-order valence-corrected chi connectivity index (χ3v) is 2.76. The van der Waals surface area contributed by atoms with Crippen molar-refractivity contribution in [2.45, 2.75) is 0 Å². The van der Waals surface area contributed by atoms with Crippen molar-refractivity contribution in [2.75, 3.05) is 30.0 Å². The van der Waals surface area contributed by atoms with Gasteiger partial charge >= 0.3 is 0 Å². The largest absolute Gasteiger partial charge is 0.393 e. The van der Waals surface area contributed by atoms with Gasteiger partial charge in [-0.05, 0) is 18.2 Å². The van der Waals surface area contributed by atoms with Crippen molar-refractivity contribution in [3.63, 3.8) is 0 Å². The fraction of sp³-hybridized carbons (Fsp3) is 0.167. The number of hydrogen-bond donors (Lipinski definition) is 2. The van der Waals surface area contributed by atoms with Crippen molar-refractivity contribution in [1.82, 2.24) is 9.97 Å². The highest BCUT2D eigenvalue weighted by Gasteiger charge is 2.10. The maximum atomic E-state index is 13.1. The predicted octanol–water partition coefficient (Wildman–Crippen LogP) is 2.66. The molecule has 5 nitrogen and oxygen atoms in total. The summed E-state index contributed by atoms with van der Waals surface area (Å²) in [6.07, 6.45) is 1.40. The van der Waals surface area contributed by atoms with Crippen molar-refractivity contribution >= 4 is 34.6 Å². The molecule has 1 heterocycles. The lowest BCUT2D eigenvalue weighted by Gasteiger charge is -2.16. The van der Waals surface area contributed by atoms with Crippen LogP contribution < -0.4 is 16.0 Å². The Morgan fingerprint density at radius 2 is 2.05 bits per heavy atom. The summed E-state index contributed by atoms with van der Waals surface area (Å²) in [7, 11) is 3.66. The van der Waals surface area contributed by atoms with E-state index in [1.807, 2.05) is 14.1 Å². The Labute approximate surface area is 115 Å². The van der Waals surface area contributed by atoms with Crippen LogP contribution in [0.3, 0.4) is 0 Å². The van der Waals surface area contributed by atoms with Crippen molar-refractivity contribution < 1.29 is 4.39 Å². The molecule has 0 amide bonds. The first-order chi connectivity index (χ1) is 8.99. The van der Waals surface area contributed by atoms with E-state index in [4.69, 9.17) is 17.3 Å². The Balaban J connectivity index is 2.33. The van der Waals surface area contributed by atoms with E-state index in [1.165, 1.54) is 18.5 Å². The summed E-state index contributed by atoms with van der Waals surface area (Å²) >= 11 is 5.71. The molecule has 3 N–H and O–H groups in total. The normalized spacial score (nSPS) is 10.3. The Kier molecular flexibility index (Phi) is 3.71. The van der Waals surface area contributed by atoms with Gasteiger partial charge in [0.2, 0.25) is 0 Å². The van der Waals surface area contributed by atoms with E-state index in [0.29, 0.717) is 23.0 Å². The quantitative estimate of drug-likeness (QED) is 0.905. The molecule has 19 heavy (non-hydrogen) atoms. The number of rotatable bonds is 3. The van der Waals surface area contributed by atoms with Gasteiger partial charge in [0.25, 0.3) is 0 Å². The number of halogens is 2. The van der Waals surface area contributed by atoms with E-state index < -0.39 is 5.82 Å². The summed E-state index contributed by atoms with van der Waals surface area (Å²) in [5.74, 6) is 0.573. The van der Waals surface area contributed by atoms with Crippen LogP contribution in [-0.4, -0.2) is 24.1 Å². The lowest BCUT2D eigenvalue weighted by atomic mass is 10.3. The summed E-state index contributed by atoms with van der Waals surface area (Å²) in [6.45, 7) is 0. The average molecular weight is 282 g/mol. The Hall–Kier alpha value is -2.08. The Morgan fingerprint density at radius 3 is 2.68 bits per heavy atom. The fourth-order valence-corrected chi connectivity index (χ4v) is 1.73. The van der Waals surface area contributed by atoms with E-state index in [-0.39, 0.29) is 5.02 Å². The van der Waals surface area contributed by atoms with Crippen LogP contribution in [0, 0.1) is 5.82 Å². The summed E-state index contributed by atoms with van der Waals surface area (Å²) in [5, 5.41) is 3.01. The van der Waals surface area contributed by atoms with Gasteiger partial charge in [-0.15, -0.1) is 0 Å². The second-order valence-corrected chi connectivity index (χ2v) is 4.52. The molecule has 0 unspecified atom stereocenters. The first-order valence-corrected chi connectivity index (χ1v) is 5.86. The molecule has 0 aliphatic rings. The summed E-state index contributed by atoms with van der Waals surface area (Å²) < 4.78 is 13.1. The van der Waals surface area contributed by atoms with E-state index >= 15 is 0 Å². The van der Waals surface area contributed by atoms with Crippen LogP contribution in [-0.2, 0) is 0 Å². The van der Waals surface area contributed by atoms with Crippen molar-refractivity contribution in [3.8, 4) is 0 Å². The van der Waals surface area contributed by atoms with Gasteiger partial charge in [0.1, 0.15) is 17.8 Å². The van der Waals surface area contributed by atoms with E-state index in [0.717, 1.165) is 0 Å². The Morgan fingerprint density at radius 1 is 1.32 bits per heavy atom. The highest BCUT2D eigenvalue weighted by molar-refractivity contribution is 6.31. The topological polar surface area (TPSA) is 67.1 Å². The van der Waals surface area contributed by atoms with Gasteiger partial charge in [0, 0.05) is 19.8 Å². The number of nitrogens with one attached hydrogen (secondary N) is 1. The van der Waals surface area contributed by atoms with Crippen LogP contribution in [0.4, 0.5) is 27.4 Å². The van der Waals surface area contributed by atoms with E-state index in [1.54, 1.807) is 11.0 Å². The predicted molar refractivity (Wildman–Crippen MR) is 75.5 cm³/mol. The van der Waals surface area contributed by atoms with Gasteiger partial charge in [-0.2, -0.15) is 0 Å². The Bertz CT molecular complexity index is 603. The second-order valence-electron chi connectivity index (χ2n) is 4.11. The molecule has 0 saturated heterocycles. The number of hydrogen-bond acceptors (Lipinski definition) is 5. The molecule has 0 bridgehead atoms. The molecular formula is C12H13ClFN5. The zero-order chi connectivity index (χ0) is 14.0. The van der Waals surface area contributed by atoms with Crippen molar-refractivity contribution in [2.24, 2.45) is 0 Å². The highest BCUT2D eigenvalue weighted by Crippen LogP contribution is 2.28. The maximum Gasteiger partial charge on any atom is 0.159 e. The van der Waals surface area contributed by atoms with Gasteiger partial charge in [-0.25, -0.2) is 14.4 Å². The minimum atomic E-state index is -0.475. The van der Waals surface area contributed by atoms with E-state index in [2.05, 4.69) is 15.3 Å². The first-order valence-electron chi connectivity index (χ1n) is 5.49. The SMILES string of the molecule is CN(C)c1ncnc(Nc2ccc(F)c(Cl)c2)c1N. The smallest absolute Gasteiger partial charge is 0.159 e. The third-order valence-electron chi connectivity index (χ3n) is 2.47. The number of aromatic nitrogens is 2. The minimum absolute atomic E-state index is 0.0328. The van der Waals surface area contributed by atoms with Crippen LogP contribution in [0.25, 0.3) is 0 Å². The molecule has 7 heteroatoms. The molecule has 1 aromatic carbocycles. The zero-order valence-corrected chi connectivity index (χ0v) is 11.2. The molecule has 100 valence electrons. The van der Waals surface area contributed by atoms with Crippen molar-refractivity contribution in [1.29, 1.82) is 0 Å². The van der Waals surface area contributed by atoms with Gasteiger partial charge < -0.3 is 16.0 Å². The highest BCUT2D eigenvalue weighted by atomic mass is 35.5. The van der Waals surface area contributed by atoms with Crippen LogP contribution in [0.2, 0.25) is 5.02 Å². The second kappa shape index (κ2) is 5.27. The molecule has 0 saturated carbocycles. The standard InChI is InChI=1S/C12H13ClFN5/c1-19(2)12-10(15)11(16-6-17-12)18-7-3-4-9(14)8(13)5-7/h3-6H,15H2,1-2H3,(H,16,17,18). The monoisotopic (exact) mass is 281 g/mol. The van der Waals surface area contributed by atoms with Gasteiger partial charge in [0.15, 0.2) is 11.6 Å². The van der Waals surface area contributed by atoms with Crippen LogP contribution in [0.15, 0.2) is 24.5 Å². The number of anilines is 4. The molecule has 0 fully saturated rings.